The second-order valence-electron chi connectivity index (χ2n) is 6.21. The van der Waals surface area contributed by atoms with Crippen molar-refractivity contribution in [2.24, 2.45) is 0 Å². The highest BCUT2D eigenvalue weighted by molar-refractivity contribution is 7.22. The largest absolute Gasteiger partial charge is 0.497 e. The highest BCUT2D eigenvalue weighted by atomic mass is 32.1. The molecule has 0 saturated carbocycles. The van der Waals surface area contributed by atoms with Crippen molar-refractivity contribution in [2.45, 2.75) is 6.92 Å². The fraction of sp³-hybridized carbons (Fsp3) is 0.143. The summed E-state index contributed by atoms with van der Waals surface area (Å²) in [6, 6.07) is 13.9. The van der Waals surface area contributed by atoms with Gasteiger partial charge in [0, 0.05) is 12.3 Å². The molecular formula is C21H18N4O4S. The first-order valence-electron chi connectivity index (χ1n) is 9.16. The third-order valence-corrected chi connectivity index (χ3v) is 5.19. The number of aromatic nitrogens is 3. The second kappa shape index (κ2) is 8.34. The van der Waals surface area contributed by atoms with Crippen LogP contribution in [0.15, 0.2) is 59.5 Å². The van der Waals surface area contributed by atoms with Gasteiger partial charge in [-0.2, -0.15) is 5.10 Å². The molecule has 152 valence electrons. The van der Waals surface area contributed by atoms with Crippen LogP contribution in [0.1, 0.15) is 17.4 Å². The molecule has 0 saturated heterocycles. The van der Waals surface area contributed by atoms with Gasteiger partial charge in [-0.25, -0.2) is 9.67 Å². The molecule has 4 aromatic rings. The van der Waals surface area contributed by atoms with E-state index >= 15 is 0 Å². The summed E-state index contributed by atoms with van der Waals surface area (Å²) in [7, 11) is 1.58. The van der Waals surface area contributed by atoms with Gasteiger partial charge in [-0.05, 0) is 49.4 Å². The van der Waals surface area contributed by atoms with Gasteiger partial charge in [0.15, 0.2) is 10.8 Å². The van der Waals surface area contributed by atoms with E-state index < -0.39 is 11.3 Å². The zero-order valence-electron chi connectivity index (χ0n) is 16.3. The lowest BCUT2D eigenvalue weighted by molar-refractivity contribution is 0.101. The molecule has 0 fully saturated rings. The summed E-state index contributed by atoms with van der Waals surface area (Å²) in [6.07, 6.45) is 1.51. The zero-order valence-corrected chi connectivity index (χ0v) is 17.1. The molecule has 1 amide bonds. The molecule has 0 aliphatic heterocycles. The van der Waals surface area contributed by atoms with Crippen molar-refractivity contribution in [3.8, 4) is 17.2 Å². The van der Waals surface area contributed by atoms with Crippen molar-refractivity contribution in [1.29, 1.82) is 0 Å². The normalized spacial score (nSPS) is 10.7. The summed E-state index contributed by atoms with van der Waals surface area (Å²) >= 11 is 1.29. The summed E-state index contributed by atoms with van der Waals surface area (Å²) < 4.78 is 13.0. The molecule has 0 spiro atoms. The summed E-state index contributed by atoms with van der Waals surface area (Å²) in [6.45, 7) is 2.47. The van der Waals surface area contributed by atoms with Crippen LogP contribution in [-0.4, -0.2) is 34.4 Å². The standard InChI is InChI=1S/C21H18N4O4S/c1-3-29-14-6-4-13(5-7-14)25-11-10-17(26)19(24-25)20(27)23-21-22-16-9-8-15(28-2)12-18(16)30-21/h4-12H,3H2,1-2H3,(H,22,23,27). The number of nitrogens with zero attached hydrogens (tertiary/aromatic N) is 3. The number of nitrogens with one attached hydrogen (secondary N) is 1. The van der Waals surface area contributed by atoms with Crippen LogP contribution in [-0.2, 0) is 0 Å². The van der Waals surface area contributed by atoms with E-state index in [0.29, 0.717) is 23.2 Å². The molecule has 0 unspecified atom stereocenters. The summed E-state index contributed by atoms with van der Waals surface area (Å²) in [5.41, 5.74) is 0.726. The number of amides is 1. The number of carbonyl (C=O) groups is 1. The Morgan fingerprint density at radius 1 is 1.13 bits per heavy atom. The van der Waals surface area contributed by atoms with Crippen molar-refractivity contribution in [3.63, 3.8) is 0 Å². The van der Waals surface area contributed by atoms with Gasteiger partial charge in [0.25, 0.3) is 5.91 Å². The van der Waals surface area contributed by atoms with Crippen LogP contribution in [0.25, 0.3) is 15.9 Å². The number of ether oxygens (including phenoxy) is 2. The number of carbonyl (C=O) groups excluding carboxylic acids is 1. The zero-order chi connectivity index (χ0) is 21.1. The lowest BCUT2D eigenvalue weighted by atomic mass is 10.3. The Kier molecular flexibility index (Phi) is 5.44. The lowest BCUT2D eigenvalue weighted by Gasteiger charge is -2.08. The summed E-state index contributed by atoms with van der Waals surface area (Å²) in [5, 5.41) is 7.24. The highest BCUT2D eigenvalue weighted by Crippen LogP contribution is 2.29. The van der Waals surface area contributed by atoms with Crippen LogP contribution in [0.2, 0.25) is 0 Å². The first kappa shape index (κ1) is 19.6. The monoisotopic (exact) mass is 422 g/mol. The molecule has 0 radical (unpaired) electrons. The van der Waals surface area contributed by atoms with Crippen LogP contribution >= 0.6 is 11.3 Å². The molecular weight excluding hydrogens is 404 g/mol. The maximum absolute atomic E-state index is 12.7. The first-order valence-corrected chi connectivity index (χ1v) is 9.98. The lowest BCUT2D eigenvalue weighted by Crippen LogP contribution is -2.25. The predicted octanol–water partition coefficient (Wildman–Crippen LogP) is 3.50. The number of hydrogen-bond acceptors (Lipinski definition) is 7. The third kappa shape index (κ3) is 4.01. The van der Waals surface area contributed by atoms with Crippen LogP contribution in [0.4, 0.5) is 5.13 Å². The van der Waals surface area contributed by atoms with Crippen molar-refractivity contribution >= 4 is 32.6 Å². The Labute approximate surface area is 175 Å². The number of hydrogen-bond donors (Lipinski definition) is 1. The molecule has 30 heavy (non-hydrogen) atoms. The molecule has 1 N–H and O–H groups in total. The number of methoxy groups -OCH3 is 1. The van der Waals surface area contributed by atoms with E-state index in [0.717, 1.165) is 16.0 Å². The van der Waals surface area contributed by atoms with Crippen molar-refractivity contribution in [1.82, 2.24) is 14.8 Å². The number of benzene rings is 2. The number of anilines is 1. The molecule has 2 aromatic heterocycles. The van der Waals surface area contributed by atoms with E-state index in [1.807, 2.05) is 13.0 Å². The Hall–Kier alpha value is -3.72. The maximum atomic E-state index is 12.7. The molecule has 9 heteroatoms. The topological polar surface area (TPSA) is 95.3 Å². The Morgan fingerprint density at radius 3 is 2.63 bits per heavy atom. The third-order valence-electron chi connectivity index (χ3n) is 4.25. The van der Waals surface area contributed by atoms with E-state index in [-0.39, 0.29) is 5.69 Å². The van der Waals surface area contributed by atoms with Crippen LogP contribution in [0.3, 0.4) is 0 Å². The number of thiazole rings is 1. The van der Waals surface area contributed by atoms with Gasteiger partial charge in [0.05, 0.1) is 29.6 Å². The van der Waals surface area contributed by atoms with E-state index in [2.05, 4.69) is 15.4 Å². The fourth-order valence-corrected chi connectivity index (χ4v) is 3.70. The van der Waals surface area contributed by atoms with Gasteiger partial charge in [-0.3, -0.25) is 14.9 Å². The quantitative estimate of drug-likeness (QED) is 0.511. The van der Waals surface area contributed by atoms with E-state index in [1.54, 1.807) is 43.5 Å². The Bertz CT molecular complexity index is 1260. The minimum Gasteiger partial charge on any atom is -0.497 e. The van der Waals surface area contributed by atoms with Crippen molar-refractivity contribution in [2.75, 3.05) is 19.0 Å². The molecule has 0 bridgehead atoms. The minimum atomic E-state index is -0.619. The van der Waals surface area contributed by atoms with Gasteiger partial charge < -0.3 is 9.47 Å². The van der Waals surface area contributed by atoms with Gasteiger partial charge in [-0.15, -0.1) is 0 Å². The average Bonchev–Trinajstić information content (AvgIpc) is 3.16. The van der Waals surface area contributed by atoms with Crippen LogP contribution in [0, 0.1) is 0 Å². The Morgan fingerprint density at radius 2 is 1.90 bits per heavy atom. The fourth-order valence-electron chi connectivity index (χ4n) is 2.81. The number of fused-ring (bicyclic) bond motifs is 1. The molecule has 4 rings (SSSR count). The second-order valence-corrected chi connectivity index (χ2v) is 7.24. The van der Waals surface area contributed by atoms with E-state index in [4.69, 9.17) is 9.47 Å². The Balaban J connectivity index is 1.59. The molecule has 2 aromatic carbocycles. The van der Waals surface area contributed by atoms with E-state index in [9.17, 15) is 9.59 Å². The van der Waals surface area contributed by atoms with Crippen molar-refractivity contribution in [3.05, 3.63) is 70.6 Å². The smallest absolute Gasteiger partial charge is 0.281 e. The predicted molar refractivity (Wildman–Crippen MR) is 115 cm³/mol. The van der Waals surface area contributed by atoms with Gasteiger partial charge in [-0.1, -0.05) is 11.3 Å². The van der Waals surface area contributed by atoms with Gasteiger partial charge in [0.1, 0.15) is 11.5 Å². The van der Waals surface area contributed by atoms with E-state index in [1.165, 1.54) is 28.3 Å². The van der Waals surface area contributed by atoms with Crippen LogP contribution < -0.4 is 20.2 Å². The molecule has 0 aliphatic rings. The average molecular weight is 422 g/mol. The van der Waals surface area contributed by atoms with Crippen LogP contribution in [0.5, 0.6) is 11.5 Å². The molecule has 2 heterocycles. The minimum absolute atomic E-state index is 0.219. The summed E-state index contributed by atoms with van der Waals surface area (Å²) in [5.74, 6) is 0.811. The number of rotatable bonds is 6. The SMILES string of the molecule is CCOc1ccc(-n2ccc(=O)c(C(=O)Nc3nc4ccc(OC)cc4s3)n2)cc1. The molecule has 0 atom stereocenters. The summed E-state index contributed by atoms with van der Waals surface area (Å²) in [4.78, 5) is 29.3. The molecule has 8 nitrogen and oxygen atoms in total. The highest BCUT2D eigenvalue weighted by Gasteiger charge is 2.16. The maximum Gasteiger partial charge on any atom is 0.281 e. The molecule has 0 aliphatic carbocycles. The van der Waals surface area contributed by atoms with Crippen molar-refractivity contribution < 1.29 is 14.3 Å². The van der Waals surface area contributed by atoms with Gasteiger partial charge >= 0.3 is 0 Å². The van der Waals surface area contributed by atoms with Gasteiger partial charge in [0.2, 0.25) is 5.43 Å². The first-order chi connectivity index (χ1) is 14.6.